The second-order valence-corrected chi connectivity index (χ2v) is 1.63. The monoisotopic (exact) mass is 130 g/mol. The van der Waals surface area contributed by atoms with Gasteiger partial charge in [-0.05, 0) is 0 Å². The molecule has 0 aliphatic rings. The van der Waals surface area contributed by atoms with Crippen molar-refractivity contribution < 1.29 is 0 Å². The summed E-state index contributed by atoms with van der Waals surface area (Å²) in [6.07, 6.45) is 0. The lowest BCUT2D eigenvalue weighted by atomic mass is 11.0. The zero-order valence-electron chi connectivity index (χ0n) is 4.79. The first-order valence-electron chi connectivity index (χ1n) is 2.26. The number of H-pyrrole nitrogens is 1. The number of aromatic nitrogens is 3. The third kappa shape index (κ3) is 0.638. The topological polar surface area (TPSA) is 85.8 Å². The Bertz CT molecular complexity index is 315. The van der Waals surface area contributed by atoms with Crippen LogP contribution in [-0.2, 0) is 7.05 Å². The van der Waals surface area contributed by atoms with Gasteiger partial charge in [0.15, 0.2) is 0 Å². The van der Waals surface area contributed by atoms with Crippen molar-refractivity contribution in [1.82, 2.24) is 14.5 Å². The zero-order chi connectivity index (χ0) is 7.02. The number of aromatic amines is 1. The summed E-state index contributed by atoms with van der Waals surface area (Å²) in [4.78, 5) is 21.7. The van der Waals surface area contributed by atoms with E-state index in [2.05, 4.69) is 5.10 Å². The molecule has 9 heavy (non-hydrogen) atoms. The molecule has 0 aromatic carbocycles. The molecule has 0 bridgehead atoms. The van der Waals surface area contributed by atoms with Gasteiger partial charge in [0.25, 0.3) is 0 Å². The first kappa shape index (κ1) is 5.67. The van der Waals surface area contributed by atoms with E-state index in [1.54, 1.807) is 0 Å². The van der Waals surface area contributed by atoms with Gasteiger partial charge in [0.2, 0.25) is 0 Å². The average Bonchev–Trinajstić information content (AvgIpc) is 1.98. The second kappa shape index (κ2) is 1.51. The number of nitrogens with zero attached hydrogens (tertiary/aromatic N) is 2. The van der Waals surface area contributed by atoms with Gasteiger partial charge in [-0.15, -0.1) is 4.79 Å². The van der Waals surface area contributed by atoms with Gasteiger partial charge >= 0.3 is 11.4 Å². The first-order chi connectivity index (χ1) is 4.13. The van der Waals surface area contributed by atoms with E-state index in [-0.39, 0.29) is 0 Å². The minimum absolute atomic E-state index is 0.512. The highest BCUT2D eigenvalue weighted by Crippen LogP contribution is 1.50. The highest BCUT2D eigenvalue weighted by molar-refractivity contribution is 4.65. The summed E-state index contributed by atoms with van der Waals surface area (Å²) in [7, 11) is 1.34. The van der Waals surface area contributed by atoms with Gasteiger partial charge in [-0.2, -0.15) is 0 Å². The maximum atomic E-state index is 10.6. The van der Waals surface area contributed by atoms with Crippen molar-refractivity contribution in [2.24, 2.45) is 7.05 Å². The number of hydrogen-bond donors (Lipinski definition) is 2. The van der Waals surface area contributed by atoms with E-state index in [4.69, 9.17) is 5.84 Å². The Kier molecular flexibility index (Phi) is 0.950. The molecule has 0 radical (unpaired) electrons. The van der Waals surface area contributed by atoms with Crippen LogP contribution in [0.25, 0.3) is 0 Å². The van der Waals surface area contributed by atoms with E-state index in [9.17, 15) is 9.59 Å². The third-order valence-corrected chi connectivity index (χ3v) is 1.01. The summed E-state index contributed by atoms with van der Waals surface area (Å²) >= 11 is 0. The molecular formula is C3H6N4O2. The predicted octanol–water partition coefficient (Wildman–Crippen LogP) is -2.41. The molecular weight excluding hydrogens is 124 g/mol. The van der Waals surface area contributed by atoms with Crippen LogP contribution >= 0.6 is 0 Å². The Morgan fingerprint density at radius 1 is 1.56 bits per heavy atom. The molecule has 0 saturated heterocycles. The molecule has 1 aromatic rings. The van der Waals surface area contributed by atoms with Crippen molar-refractivity contribution in [3.63, 3.8) is 0 Å². The van der Waals surface area contributed by atoms with Crippen LogP contribution in [0.1, 0.15) is 0 Å². The van der Waals surface area contributed by atoms with Crippen molar-refractivity contribution in [3.8, 4) is 0 Å². The van der Waals surface area contributed by atoms with Crippen molar-refractivity contribution in [2.45, 2.75) is 0 Å². The van der Waals surface area contributed by atoms with Crippen molar-refractivity contribution in [3.05, 3.63) is 21.0 Å². The molecule has 6 nitrogen and oxygen atoms in total. The number of nitrogens with one attached hydrogen (secondary N) is 1. The van der Waals surface area contributed by atoms with Crippen LogP contribution in [0.4, 0.5) is 0 Å². The normalized spacial score (nSPS) is 9.89. The first-order valence-corrected chi connectivity index (χ1v) is 2.26. The molecule has 0 amide bonds. The maximum Gasteiger partial charge on any atom is 0.365 e. The van der Waals surface area contributed by atoms with E-state index in [1.807, 2.05) is 0 Å². The lowest BCUT2D eigenvalue weighted by Crippen LogP contribution is -2.29. The summed E-state index contributed by atoms with van der Waals surface area (Å²) in [5.41, 5.74) is -1.07. The molecule has 0 unspecified atom stereocenters. The quantitative estimate of drug-likeness (QED) is 0.383. The van der Waals surface area contributed by atoms with Gasteiger partial charge in [-0.3, -0.25) is 0 Å². The van der Waals surface area contributed by atoms with Crippen molar-refractivity contribution in [1.29, 1.82) is 0 Å². The van der Waals surface area contributed by atoms with E-state index in [0.717, 1.165) is 4.57 Å². The standard InChI is InChI=1S/C3H6N4O2/c1-6-2(8)5-7(4)3(6)9/h4H2,1H3,(H,5,8). The Morgan fingerprint density at radius 2 is 2.11 bits per heavy atom. The Morgan fingerprint density at radius 3 is 2.22 bits per heavy atom. The summed E-state index contributed by atoms with van der Waals surface area (Å²) < 4.78 is 0.875. The molecule has 0 spiro atoms. The van der Waals surface area contributed by atoms with Gasteiger partial charge in [-0.1, -0.05) is 0 Å². The molecule has 3 N–H and O–H groups in total. The van der Waals surface area contributed by atoms with Gasteiger partial charge in [0.05, 0.1) is 0 Å². The highest BCUT2D eigenvalue weighted by Gasteiger charge is 1.98. The number of rotatable bonds is 0. The summed E-state index contributed by atoms with van der Waals surface area (Å²) in [5.74, 6) is 4.97. The van der Waals surface area contributed by atoms with E-state index >= 15 is 0 Å². The third-order valence-electron chi connectivity index (χ3n) is 1.01. The SMILES string of the molecule is Cn1c(=O)[nH]n(N)c1=O. The molecule has 0 saturated carbocycles. The maximum absolute atomic E-state index is 10.6. The fourth-order valence-corrected chi connectivity index (χ4v) is 0.474. The van der Waals surface area contributed by atoms with E-state index in [1.165, 1.54) is 7.05 Å². The predicted molar refractivity (Wildman–Crippen MR) is 30.4 cm³/mol. The molecule has 50 valence electrons. The number of hydrogen-bond acceptors (Lipinski definition) is 3. The molecule has 1 aromatic heterocycles. The Balaban J connectivity index is 3.68. The van der Waals surface area contributed by atoms with Gasteiger partial charge in [0.1, 0.15) is 0 Å². The van der Waals surface area contributed by atoms with Gasteiger partial charge in [0, 0.05) is 7.05 Å². The van der Waals surface area contributed by atoms with Crippen LogP contribution < -0.4 is 17.2 Å². The largest absolute Gasteiger partial charge is 0.365 e. The lowest BCUT2D eigenvalue weighted by Gasteiger charge is -1.80. The van der Waals surface area contributed by atoms with Crippen molar-refractivity contribution in [2.75, 3.05) is 5.84 Å². The van der Waals surface area contributed by atoms with Crippen LogP contribution in [0.5, 0.6) is 0 Å². The number of nitrogen functional groups attached to an aromatic ring is 1. The lowest BCUT2D eigenvalue weighted by molar-refractivity contribution is 0.764. The van der Waals surface area contributed by atoms with Crippen LogP contribution in [0.2, 0.25) is 0 Å². The molecule has 1 heterocycles. The molecule has 0 fully saturated rings. The van der Waals surface area contributed by atoms with Crippen LogP contribution in [0.3, 0.4) is 0 Å². The van der Waals surface area contributed by atoms with Crippen LogP contribution in [0.15, 0.2) is 9.59 Å². The highest BCUT2D eigenvalue weighted by atomic mass is 16.2. The molecule has 0 aliphatic heterocycles. The zero-order valence-corrected chi connectivity index (χ0v) is 4.79. The Hall–Kier alpha value is -1.46. The molecule has 0 atom stereocenters. The molecule has 0 aliphatic carbocycles. The second-order valence-electron chi connectivity index (χ2n) is 1.63. The van der Waals surface area contributed by atoms with Crippen molar-refractivity contribution >= 4 is 0 Å². The molecule has 1 rings (SSSR count). The average molecular weight is 130 g/mol. The fourth-order valence-electron chi connectivity index (χ4n) is 0.474. The van der Waals surface area contributed by atoms with Gasteiger partial charge < -0.3 is 5.84 Å². The summed E-state index contributed by atoms with van der Waals surface area (Å²) in [6, 6.07) is 0. The minimum atomic E-state index is -0.556. The molecule has 6 heteroatoms. The van der Waals surface area contributed by atoms with E-state index in [0.29, 0.717) is 4.79 Å². The number of nitrogens with two attached hydrogens (primary N) is 1. The Labute approximate surface area is 49.5 Å². The van der Waals surface area contributed by atoms with Gasteiger partial charge in [-0.25, -0.2) is 19.3 Å². The van der Waals surface area contributed by atoms with Crippen LogP contribution in [-0.4, -0.2) is 14.5 Å². The fraction of sp³-hybridized carbons (Fsp3) is 0.333. The smallest absolute Gasteiger partial charge is 0.320 e. The minimum Gasteiger partial charge on any atom is -0.320 e. The summed E-state index contributed by atoms with van der Waals surface area (Å²) in [6.45, 7) is 0. The summed E-state index contributed by atoms with van der Waals surface area (Å²) in [5, 5.41) is 2.06. The van der Waals surface area contributed by atoms with E-state index < -0.39 is 11.4 Å². The van der Waals surface area contributed by atoms with Crippen LogP contribution in [0, 0.1) is 0 Å².